The lowest BCUT2D eigenvalue weighted by Gasteiger charge is -2.45. The fraction of sp³-hybridized carbons (Fsp3) is 0.381. The topological polar surface area (TPSA) is 56.0 Å². The molecule has 4 rings (SSSR count). The van der Waals surface area contributed by atoms with Crippen LogP contribution < -0.4 is 4.74 Å². The normalized spacial score (nSPS) is 25.1. The van der Waals surface area contributed by atoms with Crippen molar-refractivity contribution in [3.63, 3.8) is 0 Å². The summed E-state index contributed by atoms with van der Waals surface area (Å²) in [6.07, 6.45) is 1.25. The summed E-state index contributed by atoms with van der Waals surface area (Å²) in [7, 11) is 1.65. The van der Waals surface area contributed by atoms with Crippen LogP contribution in [0.25, 0.3) is 5.65 Å². The third kappa shape index (κ3) is 2.20. The second-order valence-corrected chi connectivity index (χ2v) is 6.88. The number of ether oxygens (including phenoxy) is 2. The minimum atomic E-state index is -0.844. The first-order valence-electron chi connectivity index (χ1n) is 8.97. The van der Waals surface area contributed by atoms with Gasteiger partial charge >= 0.3 is 0 Å². The molecule has 0 fully saturated rings. The zero-order chi connectivity index (χ0) is 18.5. The van der Waals surface area contributed by atoms with E-state index in [-0.39, 0.29) is 0 Å². The number of imidazole rings is 1. The molecule has 2 aromatic heterocycles. The first kappa shape index (κ1) is 17.1. The molecule has 1 aliphatic rings. The summed E-state index contributed by atoms with van der Waals surface area (Å²) in [6, 6.07) is 11.8. The maximum atomic E-state index is 11.2. The summed E-state index contributed by atoms with van der Waals surface area (Å²) in [5.74, 6) is 0.687. The number of rotatable bonds is 3. The van der Waals surface area contributed by atoms with E-state index in [1.165, 1.54) is 0 Å². The van der Waals surface area contributed by atoms with E-state index in [9.17, 15) is 5.11 Å². The van der Waals surface area contributed by atoms with E-state index >= 15 is 0 Å². The number of nitrogens with zero attached hydrogens (tertiary/aromatic N) is 2. The second kappa shape index (κ2) is 6.11. The van der Waals surface area contributed by atoms with Crippen molar-refractivity contribution >= 4 is 5.65 Å². The standard InChI is InChI=1S/C21H24N2O3/c1-5-21(25-4)16-11-12-23-14(3)13(2)22-20(23)18(16)26-17(19(21)24)15-9-7-6-8-10-15/h6-12,17,19,24H,5H2,1-4H3/t17-,19?,21?/m1/s1. The molecule has 26 heavy (non-hydrogen) atoms. The minimum Gasteiger partial charge on any atom is -0.479 e. The fourth-order valence-electron chi connectivity index (χ4n) is 4.03. The molecule has 5 heteroatoms. The van der Waals surface area contributed by atoms with Crippen molar-refractivity contribution < 1.29 is 14.6 Å². The summed E-state index contributed by atoms with van der Waals surface area (Å²) < 4.78 is 14.3. The zero-order valence-electron chi connectivity index (χ0n) is 15.6. The van der Waals surface area contributed by atoms with Crippen molar-refractivity contribution in [2.75, 3.05) is 7.11 Å². The number of aliphatic hydroxyl groups excluding tert-OH is 1. The SMILES string of the molecule is CCC1(OC)c2ccn3c(C)c(C)nc3c2O[C@H](c2ccccc2)C1O. The zero-order valence-corrected chi connectivity index (χ0v) is 15.6. The lowest BCUT2D eigenvalue weighted by Crippen LogP contribution is -2.49. The maximum Gasteiger partial charge on any atom is 0.180 e. The predicted molar refractivity (Wildman–Crippen MR) is 99.5 cm³/mol. The highest BCUT2D eigenvalue weighted by Gasteiger charge is 2.50. The Morgan fingerprint density at radius 2 is 1.96 bits per heavy atom. The van der Waals surface area contributed by atoms with Crippen LogP contribution in [0.15, 0.2) is 42.6 Å². The quantitative estimate of drug-likeness (QED) is 0.781. The lowest BCUT2D eigenvalue weighted by atomic mass is 9.79. The minimum absolute atomic E-state index is 0.521. The third-order valence-electron chi connectivity index (χ3n) is 5.71. The molecule has 3 aromatic rings. The average Bonchev–Trinajstić information content (AvgIpc) is 2.97. The van der Waals surface area contributed by atoms with Crippen molar-refractivity contribution in [3.8, 4) is 5.75 Å². The van der Waals surface area contributed by atoms with Crippen molar-refractivity contribution in [1.29, 1.82) is 0 Å². The van der Waals surface area contributed by atoms with Gasteiger partial charge in [0.2, 0.25) is 0 Å². The first-order chi connectivity index (χ1) is 12.5. The summed E-state index contributed by atoms with van der Waals surface area (Å²) in [5.41, 5.74) is 3.73. The summed E-state index contributed by atoms with van der Waals surface area (Å²) in [6.45, 7) is 6.05. The Kier molecular flexibility index (Phi) is 4.01. The number of aliphatic hydroxyl groups is 1. The number of hydrogen-bond donors (Lipinski definition) is 1. The summed E-state index contributed by atoms with van der Waals surface area (Å²) in [4.78, 5) is 4.71. The number of methoxy groups -OCH3 is 1. The molecule has 0 radical (unpaired) electrons. The van der Waals surface area contributed by atoms with E-state index in [0.717, 1.165) is 28.2 Å². The highest BCUT2D eigenvalue weighted by molar-refractivity contribution is 5.63. The molecule has 0 amide bonds. The van der Waals surface area contributed by atoms with Crippen LogP contribution in [0.5, 0.6) is 5.75 Å². The molecule has 2 unspecified atom stereocenters. The van der Waals surface area contributed by atoms with Crippen molar-refractivity contribution in [2.24, 2.45) is 0 Å². The van der Waals surface area contributed by atoms with Gasteiger partial charge in [0, 0.05) is 24.6 Å². The fourth-order valence-corrected chi connectivity index (χ4v) is 4.03. The Morgan fingerprint density at radius 1 is 1.23 bits per heavy atom. The van der Waals surface area contributed by atoms with Gasteiger partial charge in [-0.15, -0.1) is 0 Å². The number of hydrogen-bond acceptors (Lipinski definition) is 4. The van der Waals surface area contributed by atoms with Gasteiger partial charge in [0.15, 0.2) is 17.5 Å². The largest absolute Gasteiger partial charge is 0.479 e. The summed E-state index contributed by atoms with van der Waals surface area (Å²) in [5, 5.41) is 11.2. The van der Waals surface area contributed by atoms with Gasteiger partial charge in [0.1, 0.15) is 11.7 Å². The second-order valence-electron chi connectivity index (χ2n) is 6.88. The average molecular weight is 352 g/mol. The molecule has 5 nitrogen and oxygen atoms in total. The van der Waals surface area contributed by atoms with Crippen LogP contribution in [0.3, 0.4) is 0 Å². The summed E-state index contributed by atoms with van der Waals surface area (Å²) >= 11 is 0. The van der Waals surface area contributed by atoms with Gasteiger partial charge in [0.05, 0.1) is 5.69 Å². The van der Waals surface area contributed by atoms with Crippen LogP contribution in [0.4, 0.5) is 0 Å². The Labute approximate surface area is 153 Å². The van der Waals surface area contributed by atoms with Crippen LogP contribution >= 0.6 is 0 Å². The molecular formula is C21H24N2O3. The van der Waals surface area contributed by atoms with E-state index in [1.807, 2.05) is 67.8 Å². The molecule has 1 N–H and O–H groups in total. The molecule has 136 valence electrons. The van der Waals surface area contributed by atoms with E-state index in [4.69, 9.17) is 14.5 Å². The van der Waals surface area contributed by atoms with Gasteiger partial charge in [-0.25, -0.2) is 4.98 Å². The van der Waals surface area contributed by atoms with Gasteiger partial charge in [-0.05, 0) is 31.9 Å². The Bertz CT molecular complexity index is 945. The molecule has 3 heterocycles. The molecular weight excluding hydrogens is 328 g/mol. The van der Waals surface area contributed by atoms with Crippen molar-refractivity contribution in [3.05, 3.63) is 65.1 Å². The molecule has 0 aliphatic carbocycles. The Morgan fingerprint density at radius 3 is 2.62 bits per heavy atom. The molecule has 0 spiro atoms. The smallest absolute Gasteiger partial charge is 0.180 e. The van der Waals surface area contributed by atoms with Crippen molar-refractivity contribution in [1.82, 2.24) is 9.38 Å². The molecule has 3 atom stereocenters. The highest BCUT2D eigenvalue weighted by atomic mass is 16.5. The molecule has 1 aromatic carbocycles. The highest BCUT2D eigenvalue weighted by Crippen LogP contribution is 2.49. The molecule has 0 saturated heterocycles. The molecule has 0 saturated carbocycles. The number of aromatic nitrogens is 2. The van der Waals surface area contributed by atoms with Gasteiger partial charge in [-0.3, -0.25) is 0 Å². The van der Waals surface area contributed by atoms with Crippen LogP contribution in [-0.2, 0) is 10.3 Å². The van der Waals surface area contributed by atoms with E-state index in [0.29, 0.717) is 12.2 Å². The predicted octanol–water partition coefficient (Wildman–Crippen LogP) is 3.70. The van der Waals surface area contributed by atoms with Crippen LogP contribution in [0.1, 0.15) is 42.0 Å². The van der Waals surface area contributed by atoms with E-state index in [2.05, 4.69) is 0 Å². The van der Waals surface area contributed by atoms with E-state index < -0.39 is 17.8 Å². The Hall–Kier alpha value is -2.37. The van der Waals surface area contributed by atoms with Gasteiger partial charge < -0.3 is 19.0 Å². The van der Waals surface area contributed by atoms with Crippen molar-refractivity contribution in [2.45, 2.75) is 45.0 Å². The third-order valence-corrected chi connectivity index (χ3v) is 5.71. The first-order valence-corrected chi connectivity index (χ1v) is 8.97. The van der Waals surface area contributed by atoms with Gasteiger partial charge in [-0.1, -0.05) is 37.3 Å². The Balaban J connectivity index is 1.99. The van der Waals surface area contributed by atoms with Crippen LogP contribution in [-0.4, -0.2) is 27.7 Å². The number of fused-ring (bicyclic) bond motifs is 3. The van der Waals surface area contributed by atoms with Gasteiger partial charge in [0.25, 0.3) is 0 Å². The number of aryl methyl sites for hydroxylation is 2. The molecule has 1 aliphatic heterocycles. The molecule has 0 bridgehead atoms. The lowest BCUT2D eigenvalue weighted by molar-refractivity contribution is -0.162. The van der Waals surface area contributed by atoms with Gasteiger partial charge in [-0.2, -0.15) is 0 Å². The maximum absolute atomic E-state index is 11.2. The number of pyridine rings is 1. The van der Waals surface area contributed by atoms with E-state index in [1.54, 1.807) is 7.11 Å². The monoisotopic (exact) mass is 352 g/mol. The van der Waals surface area contributed by atoms with Crippen LogP contribution in [0.2, 0.25) is 0 Å². The number of benzene rings is 1. The van der Waals surface area contributed by atoms with Crippen LogP contribution in [0, 0.1) is 13.8 Å².